The first-order valence-corrected chi connectivity index (χ1v) is 5.65. The van der Waals surface area contributed by atoms with Crippen molar-refractivity contribution in [2.45, 2.75) is 39.0 Å². The Labute approximate surface area is 78.2 Å². The Morgan fingerprint density at radius 3 is 2.50 bits per heavy atom. The molecule has 0 saturated carbocycles. The molecule has 0 atom stereocenters. The lowest BCUT2D eigenvalue weighted by Crippen LogP contribution is -1.75. The van der Waals surface area contributed by atoms with Gasteiger partial charge in [0.2, 0.25) is 0 Å². The van der Waals surface area contributed by atoms with E-state index in [1.54, 1.807) is 0 Å². The van der Waals surface area contributed by atoms with Crippen molar-refractivity contribution in [1.82, 2.24) is 0 Å². The van der Waals surface area contributed by atoms with E-state index in [-0.39, 0.29) is 0 Å². The van der Waals surface area contributed by atoms with Crippen molar-refractivity contribution < 1.29 is 0 Å². The fraction of sp³-hybridized carbons (Fsp3) is 0.778. The van der Waals surface area contributed by atoms with E-state index in [2.05, 4.69) is 41.7 Å². The lowest BCUT2D eigenvalue weighted by molar-refractivity contribution is 0.738. The number of allylic oxidation sites excluding steroid dienone is 2. The number of halogens is 1. The third-order valence-corrected chi connectivity index (χ3v) is 2.17. The van der Waals surface area contributed by atoms with Gasteiger partial charge in [0.15, 0.2) is 0 Å². The maximum absolute atomic E-state index is 2.44. The minimum Gasteiger partial charge on any atom is -0.0888 e. The molecule has 0 spiro atoms. The van der Waals surface area contributed by atoms with E-state index in [1.807, 2.05) is 0 Å². The molecule has 0 aliphatic rings. The third-order valence-electron chi connectivity index (χ3n) is 1.41. The van der Waals surface area contributed by atoms with E-state index >= 15 is 0 Å². The topological polar surface area (TPSA) is 0 Å². The Bertz CT molecular complexity index is 76.8. The first-order chi connectivity index (χ1) is 4.91. The van der Waals surface area contributed by atoms with Gasteiger partial charge in [-0.25, -0.2) is 0 Å². The van der Waals surface area contributed by atoms with Crippen LogP contribution in [0.25, 0.3) is 0 Å². The van der Waals surface area contributed by atoms with E-state index in [0.717, 1.165) is 0 Å². The quantitative estimate of drug-likeness (QED) is 0.290. The van der Waals surface area contributed by atoms with Gasteiger partial charge in [0.05, 0.1) is 0 Å². The SMILES string of the molecule is CC/C=C\CCCCCI. The average molecular weight is 252 g/mol. The van der Waals surface area contributed by atoms with Crippen LogP contribution in [0.1, 0.15) is 39.0 Å². The molecule has 0 amide bonds. The summed E-state index contributed by atoms with van der Waals surface area (Å²) in [6, 6.07) is 0. The van der Waals surface area contributed by atoms with Gasteiger partial charge in [-0.3, -0.25) is 0 Å². The Morgan fingerprint density at radius 2 is 1.90 bits per heavy atom. The smallest absolute Gasteiger partial charge is 0.000473 e. The summed E-state index contributed by atoms with van der Waals surface area (Å²) in [5.41, 5.74) is 0. The second-order valence-corrected chi connectivity index (χ2v) is 3.50. The van der Waals surface area contributed by atoms with Gasteiger partial charge in [-0.1, -0.05) is 48.1 Å². The molecule has 0 aliphatic heterocycles. The Morgan fingerprint density at radius 1 is 1.10 bits per heavy atom. The molecule has 10 heavy (non-hydrogen) atoms. The van der Waals surface area contributed by atoms with Crippen LogP contribution in [0.4, 0.5) is 0 Å². The van der Waals surface area contributed by atoms with Crippen LogP contribution in [0.3, 0.4) is 0 Å². The number of rotatable bonds is 6. The molecule has 0 aromatic carbocycles. The summed E-state index contributed by atoms with van der Waals surface area (Å²) in [6.45, 7) is 2.18. The maximum Gasteiger partial charge on any atom is -0.000473 e. The van der Waals surface area contributed by atoms with Crippen LogP contribution in [-0.2, 0) is 0 Å². The molecule has 0 aromatic rings. The molecule has 1 heteroatoms. The van der Waals surface area contributed by atoms with Gasteiger partial charge < -0.3 is 0 Å². The largest absolute Gasteiger partial charge is 0.0888 e. The summed E-state index contributed by atoms with van der Waals surface area (Å²) in [5.74, 6) is 0. The predicted molar refractivity (Wildman–Crippen MR) is 56.8 cm³/mol. The molecule has 0 nitrogen and oxygen atoms in total. The lowest BCUT2D eigenvalue weighted by atomic mass is 10.2. The Balaban J connectivity index is 2.83. The van der Waals surface area contributed by atoms with Gasteiger partial charge >= 0.3 is 0 Å². The summed E-state index contributed by atoms with van der Waals surface area (Å²) in [6.07, 6.45) is 11.2. The fourth-order valence-corrected chi connectivity index (χ4v) is 1.36. The first-order valence-electron chi connectivity index (χ1n) is 4.12. The van der Waals surface area contributed by atoms with Crippen molar-refractivity contribution in [3.05, 3.63) is 12.2 Å². The monoisotopic (exact) mass is 252 g/mol. The minimum absolute atomic E-state index is 1.19. The highest BCUT2D eigenvalue weighted by molar-refractivity contribution is 14.1. The van der Waals surface area contributed by atoms with Gasteiger partial charge in [0.1, 0.15) is 0 Å². The van der Waals surface area contributed by atoms with Crippen molar-refractivity contribution in [3.63, 3.8) is 0 Å². The zero-order chi connectivity index (χ0) is 7.66. The van der Waals surface area contributed by atoms with Crippen LogP contribution in [0.15, 0.2) is 12.2 Å². The molecule has 60 valence electrons. The third kappa shape index (κ3) is 8.47. The van der Waals surface area contributed by atoms with Crippen molar-refractivity contribution in [2.24, 2.45) is 0 Å². The molecule has 0 heterocycles. The second-order valence-electron chi connectivity index (χ2n) is 2.42. The van der Waals surface area contributed by atoms with Crippen LogP contribution in [0.5, 0.6) is 0 Å². The highest BCUT2D eigenvalue weighted by atomic mass is 127. The Hall–Kier alpha value is 0.470. The van der Waals surface area contributed by atoms with Gasteiger partial charge in [-0.15, -0.1) is 0 Å². The van der Waals surface area contributed by atoms with Crippen LogP contribution < -0.4 is 0 Å². The van der Waals surface area contributed by atoms with Crippen molar-refractivity contribution >= 4 is 22.6 Å². The predicted octanol–water partition coefficient (Wildman–Crippen LogP) is 3.95. The number of unbranched alkanes of at least 4 members (excludes halogenated alkanes) is 3. The van der Waals surface area contributed by atoms with Gasteiger partial charge in [-0.05, 0) is 30.1 Å². The molecule has 0 radical (unpaired) electrons. The molecule has 0 aromatic heterocycles. The van der Waals surface area contributed by atoms with Crippen LogP contribution in [0, 0.1) is 0 Å². The normalized spacial score (nSPS) is 11.0. The van der Waals surface area contributed by atoms with E-state index in [0.29, 0.717) is 0 Å². The molecule has 0 unspecified atom stereocenters. The summed E-state index contributed by atoms with van der Waals surface area (Å²) in [4.78, 5) is 0. The molecular formula is C9H17I. The zero-order valence-corrected chi connectivity index (χ0v) is 8.93. The number of hydrogen-bond donors (Lipinski definition) is 0. The maximum atomic E-state index is 2.44. The molecule has 0 N–H and O–H groups in total. The summed E-state index contributed by atoms with van der Waals surface area (Å²) in [7, 11) is 0. The summed E-state index contributed by atoms with van der Waals surface area (Å²) >= 11 is 2.44. The highest BCUT2D eigenvalue weighted by Gasteiger charge is 1.83. The van der Waals surface area contributed by atoms with Crippen LogP contribution in [0.2, 0.25) is 0 Å². The molecule has 0 bridgehead atoms. The van der Waals surface area contributed by atoms with Gasteiger partial charge in [0, 0.05) is 0 Å². The van der Waals surface area contributed by atoms with Crippen LogP contribution in [-0.4, -0.2) is 4.43 Å². The average Bonchev–Trinajstić information content (AvgIpc) is 1.97. The summed E-state index contributed by atoms with van der Waals surface area (Å²) < 4.78 is 1.31. The first kappa shape index (κ1) is 10.5. The highest BCUT2D eigenvalue weighted by Crippen LogP contribution is 2.02. The van der Waals surface area contributed by atoms with Crippen LogP contribution >= 0.6 is 22.6 Å². The number of hydrogen-bond acceptors (Lipinski definition) is 0. The second kappa shape index (κ2) is 9.47. The van der Waals surface area contributed by atoms with E-state index in [4.69, 9.17) is 0 Å². The van der Waals surface area contributed by atoms with E-state index < -0.39 is 0 Å². The van der Waals surface area contributed by atoms with Crippen molar-refractivity contribution in [1.29, 1.82) is 0 Å². The molecule has 0 rings (SSSR count). The van der Waals surface area contributed by atoms with Crippen molar-refractivity contribution in [2.75, 3.05) is 4.43 Å². The molecule has 0 aliphatic carbocycles. The molecular weight excluding hydrogens is 235 g/mol. The lowest BCUT2D eigenvalue weighted by Gasteiger charge is -1.92. The number of alkyl halides is 1. The van der Waals surface area contributed by atoms with E-state index in [9.17, 15) is 0 Å². The summed E-state index contributed by atoms with van der Waals surface area (Å²) in [5, 5.41) is 0. The van der Waals surface area contributed by atoms with Crippen molar-refractivity contribution in [3.8, 4) is 0 Å². The standard InChI is InChI=1S/C9H17I/c1-2-3-4-5-6-7-8-9-10/h3-4H,2,5-9H2,1H3/b4-3-. The van der Waals surface area contributed by atoms with Gasteiger partial charge in [-0.2, -0.15) is 0 Å². The van der Waals surface area contributed by atoms with E-state index in [1.165, 1.54) is 36.5 Å². The Kier molecular flexibility index (Phi) is 9.92. The fourth-order valence-electron chi connectivity index (χ4n) is 0.818. The molecule has 0 fully saturated rings. The zero-order valence-electron chi connectivity index (χ0n) is 6.78. The minimum atomic E-state index is 1.19. The van der Waals surface area contributed by atoms with Gasteiger partial charge in [0.25, 0.3) is 0 Å². The molecule has 0 saturated heterocycles.